The maximum Gasteiger partial charge on any atom is 0.269 e. The lowest BCUT2D eigenvalue weighted by molar-refractivity contribution is -0.114. The number of rotatable bonds is 6. The predicted molar refractivity (Wildman–Crippen MR) is 123 cm³/mol. The summed E-state index contributed by atoms with van der Waals surface area (Å²) in [6.45, 7) is 3.97. The number of carbonyl (C=O) groups is 2. The molecule has 3 aromatic rings. The number of β-amino-alcohol motifs (C(OH)–C–C–N with tert-alkyl or cyclic N) is 1. The summed E-state index contributed by atoms with van der Waals surface area (Å²) in [5.74, 6) is 0.362. The number of likely N-dealkylation sites (tertiary alicyclic amines) is 1. The highest BCUT2D eigenvalue weighted by atomic mass is 16.5. The van der Waals surface area contributed by atoms with Crippen molar-refractivity contribution in [3.05, 3.63) is 53.3 Å². The van der Waals surface area contributed by atoms with Gasteiger partial charge in [-0.05, 0) is 31.5 Å². The van der Waals surface area contributed by atoms with Gasteiger partial charge in [0.05, 0.1) is 23.9 Å². The average molecular weight is 450 g/mol. The van der Waals surface area contributed by atoms with E-state index >= 15 is 0 Å². The van der Waals surface area contributed by atoms with Gasteiger partial charge in [-0.1, -0.05) is 0 Å². The summed E-state index contributed by atoms with van der Waals surface area (Å²) >= 11 is 0. The molecule has 2 atom stereocenters. The maximum absolute atomic E-state index is 13.0. The van der Waals surface area contributed by atoms with Crippen molar-refractivity contribution in [2.45, 2.75) is 26.0 Å². The van der Waals surface area contributed by atoms with Gasteiger partial charge in [-0.25, -0.2) is 4.52 Å². The molecule has 1 aromatic carbocycles. The Balaban J connectivity index is 1.67. The molecule has 4 rings (SSSR count). The van der Waals surface area contributed by atoms with E-state index in [2.05, 4.69) is 15.7 Å². The minimum absolute atomic E-state index is 0.156. The summed E-state index contributed by atoms with van der Waals surface area (Å²) in [5.41, 5.74) is 2.74. The van der Waals surface area contributed by atoms with E-state index in [1.807, 2.05) is 13.8 Å². The molecule has 2 amide bonds. The summed E-state index contributed by atoms with van der Waals surface area (Å²) < 4.78 is 7.74. The standard InChI is InChI=1S/C23H26N6O4/c1-12-16(23(32)28-11-18(30)13(28)2)10-29-21(12)19(7-8-27-29)33-14-5-6-15(17(9-14)25-3)20(24)22(31)26-4/h5-10,13,18,24-25,30H,11H2,1-4H3,(H,26,31). The van der Waals surface area contributed by atoms with Crippen molar-refractivity contribution in [3.63, 3.8) is 0 Å². The Bertz CT molecular complexity index is 1270. The number of amides is 2. The Morgan fingerprint density at radius 1 is 1.24 bits per heavy atom. The number of anilines is 1. The normalized spacial score (nSPS) is 17.4. The van der Waals surface area contributed by atoms with Crippen LogP contribution in [0.25, 0.3) is 5.52 Å². The number of benzene rings is 1. The molecule has 0 saturated carbocycles. The van der Waals surface area contributed by atoms with Crippen molar-refractivity contribution < 1.29 is 19.4 Å². The third-order valence-electron chi connectivity index (χ3n) is 6.03. The van der Waals surface area contributed by atoms with Crippen LogP contribution in [0.3, 0.4) is 0 Å². The molecule has 4 N–H and O–H groups in total. The molecule has 1 saturated heterocycles. The van der Waals surface area contributed by atoms with Gasteiger partial charge in [0.1, 0.15) is 17.0 Å². The van der Waals surface area contributed by atoms with E-state index < -0.39 is 12.0 Å². The second-order valence-corrected chi connectivity index (χ2v) is 7.94. The van der Waals surface area contributed by atoms with Crippen LogP contribution < -0.4 is 15.4 Å². The number of likely N-dealkylation sites (N-methyl/N-ethyl adjacent to an activating group) is 1. The van der Waals surface area contributed by atoms with Crippen LogP contribution in [0, 0.1) is 12.3 Å². The van der Waals surface area contributed by atoms with Gasteiger partial charge in [0.25, 0.3) is 11.8 Å². The first-order chi connectivity index (χ1) is 15.8. The Kier molecular flexibility index (Phi) is 5.77. The largest absolute Gasteiger partial charge is 0.455 e. The van der Waals surface area contributed by atoms with Crippen LogP contribution in [-0.4, -0.2) is 69.9 Å². The molecule has 1 aliphatic rings. The van der Waals surface area contributed by atoms with Crippen LogP contribution in [0.5, 0.6) is 11.5 Å². The summed E-state index contributed by atoms with van der Waals surface area (Å²) in [4.78, 5) is 26.5. The average Bonchev–Trinajstić information content (AvgIpc) is 3.18. The maximum atomic E-state index is 13.0. The third kappa shape index (κ3) is 3.78. The van der Waals surface area contributed by atoms with Gasteiger partial charge in [-0.3, -0.25) is 15.0 Å². The molecule has 10 nitrogen and oxygen atoms in total. The fraction of sp³-hybridized carbons (Fsp3) is 0.304. The molecule has 0 aliphatic carbocycles. The highest BCUT2D eigenvalue weighted by Crippen LogP contribution is 2.33. The number of nitrogens with one attached hydrogen (secondary N) is 3. The SMILES string of the molecule is CNC(=O)C(=N)c1ccc(Oc2ccnn3cc(C(=O)N4CC(O)C4C)c(C)c23)cc1NC. The molecule has 33 heavy (non-hydrogen) atoms. The number of aryl methyl sites for hydroxylation is 1. The lowest BCUT2D eigenvalue weighted by Crippen LogP contribution is -2.60. The minimum Gasteiger partial charge on any atom is -0.455 e. The quantitative estimate of drug-likeness (QED) is 0.424. The van der Waals surface area contributed by atoms with E-state index in [-0.39, 0.29) is 17.7 Å². The molecule has 2 aromatic heterocycles. The van der Waals surface area contributed by atoms with Crippen LogP contribution in [0.4, 0.5) is 5.69 Å². The number of hydrogen-bond acceptors (Lipinski definition) is 7. The Hall–Kier alpha value is -3.92. The zero-order chi connectivity index (χ0) is 23.9. The van der Waals surface area contributed by atoms with Crippen molar-refractivity contribution in [3.8, 4) is 11.5 Å². The first kappa shape index (κ1) is 22.3. The number of ether oxygens (including phenoxy) is 1. The molecular weight excluding hydrogens is 424 g/mol. The number of carbonyl (C=O) groups excluding carboxylic acids is 2. The highest BCUT2D eigenvalue weighted by Gasteiger charge is 2.38. The zero-order valence-electron chi connectivity index (χ0n) is 18.8. The lowest BCUT2D eigenvalue weighted by Gasteiger charge is -2.43. The first-order valence-corrected chi connectivity index (χ1v) is 10.5. The number of aromatic nitrogens is 2. The summed E-state index contributed by atoms with van der Waals surface area (Å²) in [6, 6.07) is 6.52. The van der Waals surface area contributed by atoms with Gasteiger partial charge >= 0.3 is 0 Å². The Labute approximate surface area is 190 Å². The van der Waals surface area contributed by atoms with Gasteiger partial charge in [0, 0.05) is 50.2 Å². The minimum atomic E-state index is -0.502. The van der Waals surface area contributed by atoms with Crippen LogP contribution in [0.15, 0.2) is 36.7 Å². The second kappa shape index (κ2) is 8.55. The fourth-order valence-electron chi connectivity index (χ4n) is 3.92. The van der Waals surface area contributed by atoms with Crippen LogP contribution in [0.1, 0.15) is 28.4 Å². The van der Waals surface area contributed by atoms with E-state index in [0.29, 0.717) is 40.4 Å². The van der Waals surface area contributed by atoms with Gasteiger partial charge in [-0.2, -0.15) is 5.10 Å². The van der Waals surface area contributed by atoms with Crippen LogP contribution >= 0.6 is 0 Å². The topological polar surface area (TPSA) is 132 Å². The highest BCUT2D eigenvalue weighted by molar-refractivity contribution is 6.45. The number of aliphatic hydroxyl groups is 1. The molecule has 172 valence electrons. The molecule has 1 aliphatic heterocycles. The molecule has 0 bridgehead atoms. The summed E-state index contributed by atoms with van der Waals surface area (Å²) in [7, 11) is 3.18. The number of fused-ring (bicyclic) bond motifs is 1. The molecule has 0 spiro atoms. The molecule has 10 heteroatoms. The van der Waals surface area contributed by atoms with Crippen molar-refractivity contribution in [2.75, 3.05) is 26.0 Å². The lowest BCUT2D eigenvalue weighted by atomic mass is 9.99. The van der Waals surface area contributed by atoms with Crippen molar-refractivity contribution in [1.82, 2.24) is 19.8 Å². The molecule has 2 unspecified atom stereocenters. The smallest absolute Gasteiger partial charge is 0.269 e. The van der Waals surface area contributed by atoms with Crippen molar-refractivity contribution in [1.29, 1.82) is 5.41 Å². The monoisotopic (exact) mass is 450 g/mol. The predicted octanol–water partition coefficient (Wildman–Crippen LogP) is 1.80. The van der Waals surface area contributed by atoms with E-state index in [1.54, 1.807) is 53.1 Å². The van der Waals surface area contributed by atoms with Gasteiger partial charge in [0.15, 0.2) is 5.75 Å². The first-order valence-electron chi connectivity index (χ1n) is 10.5. The van der Waals surface area contributed by atoms with Crippen LogP contribution in [-0.2, 0) is 4.79 Å². The Morgan fingerprint density at radius 3 is 2.64 bits per heavy atom. The van der Waals surface area contributed by atoms with E-state index in [4.69, 9.17) is 10.1 Å². The molecule has 1 fully saturated rings. The Morgan fingerprint density at radius 2 is 2.00 bits per heavy atom. The van der Waals surface area contributed by atoms with Gasteiger partial charge in [0.2, 0.25) is 0 Å². The summed E-state index contributed by atoms with van der Waals surface area (Å²) in [5, 5.41) is 27.6. The molecule has 3 heterocycles. The number of aliphatic hydroxyl groups excluding tert-OH is 1. The number of hydrogen-bond donors (Lipinski definition) is 4. The van der Waals surface area contributed by atoms with Gasteiger partial charge in [-0.15, -0.1) is 0 Å². The van der Waals surface area contributed by atoms with Crippen molar-refractivity contribution in [2.24, 2.45) is 0 Å². The fourth-order valence-corrected chi connectivity index (χ4v) is 3.92. The van der Waals surface area contributed by atoms with Crippen molar-refractivity contribution >= 4 is 28.7 Å². The third-order valence-corrected chi connectivity index (χ3v) is 6.03. The van der Waals surface area contributed by atoms with E-state index in [9.17, 15) is 14.7 Å². The van der Waals surface area contributed by atoms with E-state index in [1.165, 1.54) is 7.05 Å². The van der Waals surface area contributed by atoms with E-state index in [0.717, 1.165) is 5.56 Å². The molecule has 0 radical (unpaired) electrons. The zero-order valence-corrected chi connectivity index (χ0v) is 18.8. The van der Waals surface area contributed by atoms with Crippen LogP contribution in [0.2, 0.25) is 0 Å². The molecular formula is C23H26N6O4. The van der Waals surface area contributed by atoms with Gasteiger partial charge < -0.3 is 25.4 Å². The second-order valence-electron chi connectivity index (χ2n) is 7.94. The summed E-state index contributed by atoms with van der Waals surface area (Å²) in [6.07, 6.45) is 2.75. The number of nitrogens with zero attached hydrogens (tertiary/aromatic N) is 3.